The summed E-state index contributed by atoms with van der Waals surface area (Å²) in [6.45, 7) is 3.06. The molecule has 2 rings (SSSR count). The van der Waals surface area contributed by atoms with E-state index in [2.05, 4.69) is 29.5 Å². The van der Waals surface area contributed by atoms with Gasteiger partial charge >= 0.3 is 5.97 Å². The Bertz CT molecular complexity index is 402. The Labute approximate surface area is 109 Å². The van der Waals surface area contributed by atoms with E-state index in [0.29, 0.717) is 11.1 Å². The van der Waals surface area contributed by atoms with E-state index in [9.17, 15) is 4.79 Å². The van der Waals surface area contributed by atoms with Crippen molar-refractivity contribution in [2.45, 2.75) is 39.2 Å². The van der Waals surface area contributed by atoms with Crippen molar-refractivity contribution >= 4 is 28.6 Å². The van der Waals surface area contributed by atoms with Crippen LogP contribution in [-0.2, 0) is 6.54 Å². The molecule has 0 aliphatic heterocycles. The van der Waals surface area contributed by atoms with Crippen molar-refractivity contribution in [2.24, 2.45) is 5.41 Å². The number of carbonyl (C=O) groups is 1. The zero-order valence-corrected chi connectivity index (χ0v) is 11.5. The van der Waals surface area contributed by atoms with Gasteiger partial charge in [-0.05, 0) is 53.3 Å². The SMILES string of the molecule is CCC1(Cn2cc(I)cc2C(=O)O)CCC1. The second-order valence-corrected chi connectivity index (χ2v) is 5.93. The highest BCUT2D eigenvalue weighted by Gasteiger charge is 2.36. The molecule has 4 heteroatoms. The van der Waals surface area contributed by atoms with Gasteiger partial charge in [0.15, 0.2) is 0 Å². The van der Waals surface area contributed by atoms with Crippen molar-refractivity contribution in [1.82, 2.24) is 4.57 Å². The number of hydrogen-bond acceptors (Lipinski definition) is 1. The van der Waals surface area contributed by atoms with Crippen LogP contribution < -0.4 is 0 Å². The van der Waals surface area contributed by atoms with Crippen LogP contribution in [0.4, 0.5) is 0 Å². The summed E-state index contributed by atoms with van der Waals surface area (Å²) < 4.78 is 2.91. The molecule has 0 bridgehead atoms. The third-order valence-electron chi connectivity index (χ3n) is 3.75. The van der Waals surface area contributed by atoms with Crippen LogP contribution in [0.2, 0.25) is 0 Å². The molecule has 1 saturated carbocycles. The van der Waals surface area contributed by atoms with E-state index in [1.54, 1.807) is 6.07 Å². The molecule has 0 amide bonds. The number of hydrogen-bond donors (Lipinski definition) is 1. The first-order chi connectivity index (χ1) is 7.56. The number of aromatic carboxylic acids is 1. The number of carboxylic acid groups (broad SMARTS) is 1. The van der Waals surface area contributed by atoms with Crippen molar-refractivity contribution < 1.29 is 9.90 Å². The zero-order chi connectivity index (χ0) is 11.8. The van der Waals surface area contributed by atoms with Gasteiger partial charge in [0.25, 0.3) is 0 Å². The fraction of sp³-hybridized carbons (Fsp3) is 0.583. The summed E-state index contributed by atoms with van der Waals surface area (Å²) in [6, 6.07) is 1.74. The zero-order valence-electron chi connectivity index (χ0n) is 9.37. The van der Waals surface area contributed by atoms with Crippen LogP contribution in [0.5, 0.6) is 0 Å². The first kappa shape index (κ1) is 12.0. The Morgan fingerprint density at radius 2 is 2.31 bits per heavy atom. The van der Waals surface area contributed by atoms with Gasteiger partial charge in [0.2, 0.25) is 0 Å². The van der Waals surface area contributed by atoms with Crippen LogP contribution in [0.3, 0.4) is 0 Å². The second kappa shape index (κ2) is 4.39. The van der Waals surface area contributed by atoms with E-state index in [4.69, 9.17) is 5.11 Å². The quantitative estimate of drug-likeness (QED) is 0.859. The highest BCUT2D eigenvalue weighted by Crippen LogP contribution is 2.45. The maximum Gasteiger partial charge on any atom is 0.352 e. The van der Waals surface area contributed by atoms with Gasteiger partial charge in [-0.3, -0.25) is 0 Å². The minimum Gasteiger partial charge on any atom is -0.477 e. The average Bonchev–Trinajstić information content (AvgIpc) is 2.53. The summed E-state index contributed by atoms with van der Waals surface area (Å²) in [6.07, 6.45) is 6.84. The lowest BCUT2D eigenvalue weighted by atomic mass is 9.67. The van der Waals surface area contributed by atoms with Crippen molar-refractivity contribution in [3.8, 4) is 0 Å². The van der Waals surface area contributed by atoms with Gasteiger partial charge < -0.3 is 9.67 Å². The van der Waals surface area contributed by atoms with Crippen molar-refractivity contribution in [3.05, 3.63) is 21.5 Å². The molecule has 0 spiro atoms. The molecular weight excluding hydrogens is 317 g/mol. The third-order valence-corrected chi connectivity index (χ3v) is 4.34. The largest absolute Gasteiger partial charge is 0.477 e. The molecule has 1 heterocycles. The molecule has 1 aromatic rings. The monoisotopic (exact) mass is 333 g/mol. The standard InChI is InChI=1S/C12H16INO2/c1-2-12(4-3-5-12)8-14-7-9(13)6-10(14)11(15)16/h6-7H,2-5,8H2,1H3,(H,15,16). The molecule has 1 aliphatic carbocycles. The number of carboxylic acids is 1. The highest BCUT2D eigenvalue weighted by molar-refractivity contribution is 14.1. The van der Waals surface area contributed by atoms with Crippen LogP contribution in [0.15, 0.2) is 12.3 Å². The first-order valence-electron chi connectivity index (χ1n) is 5.65. The molecule has 1 fully saturated rings. The van der Waals surface area contributed by atoms with Gasteiger partial charge in [-0.1, -0.05) is 13.3 Å². The molecule has 88 valence electrons. The molecule has 0 atom stereocenters. The molecule has 1 N–H and O–H groups in total. The maximum atomic E-state index is 11.1. The predicted octanol–water partition coefficient (Wildman–Crippen LogP) is 3.37. The topological polar surface area (TPSA) is 42.2 Å². The fourth-order valence-corrected chi connectivity index (χ4v) is 3.08. The summed E-state index contributed by atoms with van der Waals surface area (Å²) in [5.74, 6) is -0.825. The van der Waals surface area contributed by atoms with Gasteiger partial charge in [0.1, 0.15) is 5.69 Å². The number of aromatic nitrogens is 1. The van der Waals surface area contributed by atoms with E-state index in [1.165, 1.54) is 19.3 Å². The lowest BCUT2D eigenvalue weighted by molar-refractivity contribution is 0.0661. The summed E-state index contributed by atoms with van der Waals surface area (Å²) in [5, 5.41) is 9.12. The van der Waals surface area contributed by atoms with Gasteiger partial charge in [-0.15, -0.1) is 0 Å². The fourth-order valence-electron chi connectivity index (χ4n) is 2.45. The van der Waals surface area contributed by atoms with E-state index in [1.807, 2.05) is 10.8 Å². The van der Waals surface area contributed by atoms with Gasteiger partial charge in [0.05, 0.1) is 0 Å². The molecule has 0 saturated heterocycles. The van der Waals surface area contributed by atoms with E-state index in [0.717, 1.165) is 16.5 Å². The van der Waals surface area contributed by atoms with E-state index >= 15 is 0 Å². The van der Waals surface area contributed by atoms with E-state index < -0.39 is 5.97 Å². The molecule has 0 unspecified atom stereocenters. The number of nitrogens with zero attached hydrogens (tertiary/aromatic N) is 1. The lowest BCUT2D eigenvalue weighted by Gasteiger charge is -2.41. The molecule has 0 aromatic carbocycles. The first-order valence-corrected chi connectivity index (χ1v) is 6.73. The molecule has 0 radical (unpaired) electrons. The van der Waals surface area contributed by atoms with Crippen LogP contribution in [0.25, 0.3) is 0 Å². The Morgan fingerprint density at radius 3 is 2.75 bits per heavy atom. The summed E-state index contributed by atoms with van der Waals surface area (Å²) in [4.78, 5) is 11.1. The Morgan fingerprint density at radius 1 is 1.62 bits per heavy atom. The van der Waals surface area contributed by atoms with Crippen molar-refractivity contribution in [1.29, 1.82) is 0 Å². The maximum absolute atomic E-state index is 11.1. The number of halogens is 1. The summed E-state index contributed by atoms with van der Waals surface area (Å²) >= 11 is 2.17. The minimum atomic E-state index is -0.825. The molecule has 16 heavy (non-hydrogen) atoms. The highest BCUT2D eigenvalue weighted by atomic mass is 127. The van der Waals surface area contributed by atoms with Crippen LogP contribution >= 0.6 is 22.6 Å². The minimum absolute atomic E-state index is 0.353. The second-order valence-electron chi connectivity index (χ2n) is 4.68. The van der Waals surface area contributed by atoms with Gasteiger partial charge in [0, 0.05) is 16.3 Å². The molecule has 3 nitrogen and oxygen atoms in total. The van der Waals surface area contributed by atoms with Crippen molar-refractivity contribution in [3.63, 3.8) is 0 Å². The van der Waals surface area contributed by atoms with Crippen molar-refractivity contribution in [2.75, 3.05) is 0 Å². The summed E-state index contributed by atoms with van der Waals surface area (Å²) in [7, 11) is 0. The Kier molecular flexibility index (Phi) is 3.28. The summed E-state index contributed by atoms with van der Waals surface area (Å²) in [5.41, 5.74) is 0.774. The molecular formula is C12H16INO2. The normalized spacial score (nSPS) is 18.1. The lowest BCUT2D eigenvalue weighted by Crippen LogP contribution is -2.34. The van der Waals surface area contributed by atoms with Gasteiger partial charge in [-0.2, -0.15) is 0 Å². The Balaban J connectivity index is 2.23. The van der Waals surface area contributed by atoms with Gasteiger partial charge in [-0.25, -0.2) is 4.79 Å². The van der Waals surface area contributed by atoms with Crippen LogP contribution in [-0.4, -0.2) is 15.6 Å². The van der Waals surface area contributed by atoms with Crippen LogP contribution in [0.1, 0.15) is 43.1 Å². The Hall–Kier alpha value is -0.520. The third kappa shape index (κ3) is 2.12. The molecule has 1 aromatic heterocycles. The average molecular weight is 333 g/mol. The molecule has 1 aliphatic rings. The predicted molar refractivity (Wildman–Crippen MR) is 70.7 cm³/mol. The number of rotatable bonds is 4. The smallest absolute Gasteiger partial charge is 0.352 e. The van der Waals surface area contributed by atoms with Crippen LogP contribution in [0, 0.1) is 8.99 Å². The van der Waals surface area contributed by atoms with E-state index in [-0.39, 0.29) is 0 Å².